The van der Waals surface area contributed by atoms with E-state index in [-0.39, 0.29) is 11.8 Å². The Labute approximate surface area is 139 Å². The number of methoxy groups -OCH3 is 1. The molecule has 1 aromatic carbocycles. The molecule has 0 fully saturated rings. The minimum Gasteiger partial charge on any atom is -0.494 e. The fourth-order valence-electron chi connectivity index (χ4n) is 1.83. The van der Waals surface area contributed by atoms with Gasteiger partial charge >= 0.3 is 0 Å². The quantitative estimate of drug-likeness (QED) is 0.900. The van der Waals surface area contributed by atoms with Gasteiger partial charge in [0.25, 0.3) is 0 Å². The number of amides is 2. The Balaban J connectivity index is 2.10. The molecule has 1 aromatic heterocycles. The van der Waals surface area contributed by atoms with Gasteiger partial charge in [0, 0.05) is 5.41 Å². The van der Waals surface area contributed by atoms with Crippen LogP contribution in [0.5, 0.6) is 5.75 Å². The highest BCUT2D eigenvalue weighted by molar-refractivity contribution is 7.22. The summed E-state index contributed by atoms with van der Waals surface area (Å²) >= 11 is 1.36. The van der Waals surface area contributed by atoms with Gasteiger partial charge in [-0.3, -0.25) is 9.59 Å². The van der Waals surface area contributed by atoms with Crippen molar-refractivity contribution in [3.63, 3.8) is 0 Å². The topological polar surface area (TPSA) is 80.3 Å². The molecule has 2 amide bonds. The second-order valence-electron chi connectivity index (χ2n) is 6.26. The standard InChI is InChI=1S/C16H21N3O3S/c1-9(17-14(21)16(2,3)4)13(20)19-15-18-12-10(22-5)7-6-8-11(12)23-15/h6-9H,1-5H3,(H,17,21)(H,18,19,20). The maximum absolute atomic E-state index is 12.2. The second-order valence-corrected chi connectivity index (χ2v) is 7.29. The number of nitrogens with zero attached hydrogens (tertiary/aromatic N) is 1. The SMILES string of the molecule is COc1cccc2sc(NC(=O)C(C)NC(=O)C(C)(C)C)nc12. The number of hydrogen-bond acceptors (Lipinski definition) is 5. The van der Waals surface area contributed by atoms with Gasteiger partial charge in [0.1, 0.15) is 17.3 Å². The van der Waals surface area contributed by atoms with E-state index >= 15 is 0 Å². The lowest BCUT2D eigenvalue weighted by Gasteiger charge is -2.21. The third-order valence-electron chi connectivity index (χ3n) is 3.25. The molecule has 0 spiro atoms. The number of carbonyl (C=O) groups is 2. The summed E-state index contributed by atoms with van der Waals surface area (Å²) in [5.74, 6) is 0.181. The number of carbonyl (C=O) groups excluding carboxylic acids is 2. The van der Waals surface area contributed by atoms with Crippen molar-refractivity contribution in [3.8, 4) is 5.75 Å². The third-order valence-corrected chi connectivity index (χ3v) is 4.19. The van der Waals surface area contributed by atoms with Crippen LogP contribution < -0.4 is 15.4 Å². The number of aromatic nitrogens is 1. The number of para-hydroxylation sites is 1. The van der Waals surface area contributed by atoms with Crippen LogP contribution in [-0.4, -0.2) is 29.9 Å². The number of nitrogens with one attached hydrogen (secondary N) is 2. The first-order valence-corrected chi connectivity index (χ1v) is 8.09. The van der Waals surface area contributed by atoms with Crippen LogP contribution >= 0.6 is 11.3 Å². The van der Waals surface area contributed by atoms with Crippen LogP contribution in [0.25, 0.3) is 10.2 Å². The predicted octanol–water partition coefficient (Wildman–Crippen LogP) is 2.79. The molecule has 0 bridgehead atoms. The van der Waals surface area contributed by atoms with Gasteiger partial charge in [-0.1, -0.05) is 38.2 Å². The molecule has 6 nitrogen and oxygen atoms in total. The predicted molar refractivity (Wildman–Crippen MR) is 91.9 cm³/mol. The molecule has 0 aliphatic carbocycles. The van der Waals surface area contributed by atoms with Gasteiger partial charge in [-0.05, 0) is 19.1 Å². The Morgan fingerprint density at radius 3 is 2.61 bits per heavy atom. The molecule has 1 unspecified atom stereocenters. The summed E-state index contributed by atoms with van der Waals surface area (Å²) in [5, 5.41) is 5.91. The van der Waals surface area contributed by atoms with E-state index in [1.807, 2.05) is 18.2 Å². The van der Waals surface area contributed by atoms with Gasteiger partial charge in [-0.15, -0.1) is 0 Å². The molecule has 23 heavy (non-hydrogen) atoms. The van der Waals surface area contributed by atoms with Gasteiger partial charge in [0.2, 0.25) is 11.8 Å². The lowest BCUT2D eigenvalue weighted by Crippen LogP contribution is -2.46. The number of fused-ring (bicyclic) bond motifs is 1. The summed E-state index contributed by atoms with van der Waals surface area (Å²) in [5.41, 5.74) is 0.166. The summed E-state index contributed by atoms with van der Waals surface area (Å²) in [4.78, 5) is 28.5. The Kier molecular flexibility index (Phi) is 4.89. The molecule has 0 saturated heterocycles. The Morgan fingerprint density at radius 1 is 1.30 bits per heavy atom. The van der Waals surface area contributed by atoms with E-state index in [1.54, 1.807) is 34.8 Å². The van der Waals surface area contributed by atoms with Gasteiger partial charge in [-0.25, -0.2) is 4.98 Å². The molecular weight excluding hydrogens is 314 g/mol. The number of benzene rings is 1. The van der Waals surface area contributed by atoms with E-state index in [4.69, 9.17) is 4.74 Å². The Bertz CT molecular complexity index is 734. The number of anilines is 1. The van der Waals surface area contributed by atoms with Crippen LogP contribution in [0.3, 0.4) is 0 Å². The van der Waals surface area contributed by atoms with Crippen molar-refractivity contribution in [2.24, 2.45) is 5.41 Å². The molecule has 0 aliphatic heterocycles. The molecule has 0 aliphatic rings. The van der Waals surface area contributed by atoms with Crippen molar-refractivity contribution >= 4 is 38.5 Å². The average Bonchev–Trinajstić information content (AvgIpc) is 2.88. The largest absolute Gasteiger partial charge is 0.494 e. The molecule has 124 valence electrons. The Hall–Kier alpha value is -2.15. The maximum atomic E-state index is 12.2. The number of thiazole rings is 1. The van der Waals surface area contributed by atoms with Crippen LogP contribution in [0, 0.1) is 5.41 Å². The van der Waals surface area contributed by atoms with Crippen LogP contribution in [0.1, 0.15) is 27.7 Å². The zero-order valence-electron chi connectivity index (χ0n) is 13.9. The molecule has 0 saturated carbocycles. The van der Waals surface area contributed by atoms with Gasteiger partial charge in [0.05, 0.1) is 11.8 Å². The highest BCUT2D eigenvalue weighted by Gasteiger charge is 2.25. The number of rotatable bonds is 4. The van der Waals surface area contributed by atoms with Crippen LogP contribution in [0.2, 0.25) is 0 Å². The summed E-state index contributed by atoms with van der Waals surface area (Å²) in [6, 6.07) is 4.96. The van der Waals surface area contributed by atoms with Gasteiger partial charge in [-0.2, -0.15) is 0 Å². The summed E-state index contributed by atoms with van der Waals surface area (Å²) in [6.07, 6.45) is 0. The van der Waals surface area contributed by atoms with Crippen molar-refractivity contribution in [1.82, 2.24) is 10.3 Å². The van der Waals surface area contributed by atoms with Crippen molar-refractivity contribution in [1.29, 1.82) is 0 Å². The highest BCUT2D eigenvalue weighted by Crippen LogP contribution is 2.32. The van der Waals surface area contributed by atoms with E-state index in [0.29, 0.717) is 16.4 Å². The normalized spacial score (nSPS) is 12.7. The molecule has 2 rings (SSSR count). The number of ether oxygens (including phenoxy) is 1. The van der Waals surface area contributed by atoms with Crippen molar-refractivity contribution < 1.29 is 14.3 Å². The van der Waals surface area contributed by atoms with E-state index in [2.05, 4.69) is 15.6 Å². The summed E-state index contributed by atoms with van der Waals surface area (Å²) in [6.45, 7) is 7.04. The molecule has 7 heteroatoms. The third kappa shape index (κ3) is 3.98. The van der Waals surface area contributed by atoms with Crippen LogP contribution in [-0.2, 0) is 9.59 Å². The van der Waals surface area contributed by atoms with E-state index in [0.717, 1.165) is 4.70 Å². The van der Waals surface area contributed by atoms with Crippen molar-refractivity contribution in [2.75, 3.05) is 12.4 Å². The zero-order chi connectivity index (χ0) is 17.2. The molecule has 0 radical (unpaired) electrons. The summed E-state index contributed by atoms with van der Waals surface area (Å²) < 4.78 is 6.18. The van der Waals surface area contributed by atoms with Crippen LogP contribution in [0.4, 0.5) is 5.13 Å². The molecule has 2 aromatic rings. The first-order valence-electron chi connectivity index (χ1n) is 7.27. The second kappa shape index (κ2) is 6.54. The molecule has 1 heterocycles. The number of hydrogen-bond donors (Lipinski definition) is 2. The molecule has 1 atom stereocenters. The zero-order valence-corrected chi connectivity index (χ0v) is 14.7. The maximum Gasteiger partial charge on any atom is 0.248 e. The van der Waals surface area contributed by atoms with E-state index in [9.17, 15) is 9.59 Å². The minimum absolute atomic E-state index is 0.175. The minimum atomic E-state index is -0.643. The fraction of sp³-hybridized carbons (Fsp3) is 0.438. The first-order chi connectivity index (χ1) is 10.7. The fourth-order valence-corrected chi connectivity index (χ4v) is 2.72. The summed E-state index contributed by atoms with van der Waals surface area (Å²) in [7, 11) is 1.58. The first kappa shape index (κ1) is 17.2. The lowest BCUT2D eigenvalue weighted by atomic mass is 9.95. The van der Waals surface area contributed by atoms with Gasteiger partial charge in [0.15, 0.2) is 5.13 Å². The van der Waals surface area contributed by atoms with Gasteiger partial charge < -0.3 is 15.4 Å². The van der Waals surface area contributed by atoms with Crippen LogP contribution in [0.15, 0.2) is 18.2 Å². The monoisotopic (exact) mass is 335 g/mol. The van der Waals surface area contributed by atoms with Crippen molar-refractivity contribution in [3.05, 3.63) is 18.2 Å². The molecule has 2 N–H and O–H groups in total. The van der Waals surface area contributed by atoms with E-state index in [1.165, 1.54) is 11.3 Å². The smallest absolute Gasteiger partial charge is 0.248 e. The highest BCUT2D eigenvalue weighted by atomic mass is 32.1. The Morgan fingerprint density at radius 2 is 2.00 bits per heavy atom. The molecular formula is C16H21N3O3S. The average molecular weight is 335 g/mol. The van der Waals surface area contributed by atoms with Crippen molar-refractivity contribution in [2.45, 2.75) is 33.7 Å². The lowest BCUT2D eigenvalue weighted by molar-refractivity contribution is -0.131. The van der Waals surface area contributed by atoms with E-state index < -0.39 is 11.5 Å².